The number of ether oxygens (including phenoxy) is 2. The summed E-state index contributed by atoms with van der Waals surface area (Å²) in [5, 5.41) is 9.45. The average molecular weight is 613 g/mol. The first kappa shape index (κ1) is 32.9. The van der Waals surface area contributed by atoms with Crippen LogP contribution in [0.2, 0.25) is 0 Å². The molecule has 0 spiro atoms. The molecule has 4 N–H and O–H groups in total. The Kier molecular flexibility index (Phi) is 10.4. The van der Waals surface area contributed by atoms with Crippen molar-refractivity contribution in [2.75, 3.05) is 7.11 Å². The SMILES string of the molecule is COc1ccc(CN(C(=O)[C@@H](N)Cc2c(C)cc(C(=O)O)cc2C)[C@@H](C)c2ncc(-c3ccccc3)[nH]2)cc1C(=O)OC(C)C. The van der Waals surface area contributed by atoms with E-state index in [2.05, 4.69) is 9.97 Å². The van der Waals surface area contributed by atoms with E-state index < -0.39 is 24.0 Å². The summed E-state index contributed by atoms with van der Waals surface area (Å²) >= 11 is 0. The van der Waals surface area contributed by atoms with E-state index in [9.17, 15) is 19.5 Å². The molecule has 0 aliphatic carbocycles. The lowest BCUT2D eigenvalue weighted by Crippen LogP contribution is -2.46. The normalized spacial score (nSPS) is 12.4. The van der Waals surface area contributed by atoms with Crippen LogP contribution < -0.4 is 10.5 Å². The maximum absolute atomic E-state index is 14.2. The highest BCUT2D eigenvalue weighted by Crippen LogP contribution is 2.28. The van der Waals surface area contributed by atoms with Crippen molar-refractivity contribution >= 4 is 17.8 Å². The number of esters is 1. The second kappa shape index (κ2) is 14.2. The third-order valence-electron chi connectivity index (χ3n) is 7.69. The number of rotatable bonds is 12. The minimum Gasteiger partial charge on any atom is -0.496 e. The number of aromatic carboxylic acids is 1. The van der Waals surface area contributed by atoms with Gasteiger partial charge in [0.15, 0.2) is 0 Å². The number of nitrogens with zero attached hydrogens (tertiary/aromatic N) is 2. The summed E-state index contributed by atoms with van der Waals surface area (Å²) in [6, 6.07) is 16.6. The van der Waals surface area contributed by atoms with Crippen LogP contribution in [-0.2, 0) is 22.5 Å². The fourth-order valence-electron chi connectivity index (χ4n) is 5.31. The molecule has 0 fully saturated rings. The van der Waals surface area contributed by atoms with Crippen LogP contribution in [-0.4, -0.2) is 57.1 Å². The Morgan fingerprint density at radius 3 is 2.27 bits per heavy atom. The lowest BCUT2D eigenvalue weighted by Gasteiger charge is -2.31. The van der Waals surface area contributed by atoms with Crippen LogP contribution in [0.5, 0.6) is 5.75 Å². The van der Waals surface area contributed by atoms with Gasteiger partial charge in [0.2, 0.25) is 5.91 Å². The molecule has 0 aliphatic heterocycles. The molecule has 45 heavy (non-hydrogen) atoms. The smallest absolute Gasteiger partial charge is 0.342 e. The van der Waals surface area contributed by atoms with Gasteiger partial charge in [-0.3, -0.25) is 4.79 Å². The molecule has 2 atom stereocenters. The molecule has 1 aromatic heterocycles. The zero-order valence-corrected chi connectivity index (χ0v) is 26.5. The van der Waals surface area contributed by atoms with Gasteiger partial charge in [-0.05, 0) is 93.1 Å². The summed E-state index contributed by atoms with van der Waals surface area (Å²) in [4.78, 5) is 48.2. The van der Waals surface area contributed by atoms with Crippen LogP contribution in [0.3, 0.4) is 0 Å². The Hall–Kier alpha value is -4.96. The van der Waals surface area contributed by atoms with Gasteiger partial charge in [-0.2, -0.15) is 0 Å². The number of imidazole rings is 1. The van der Waals surface area contributed by atoms with E-state index in [0.717, 1.165) is 27.9 Å². The molecule has 10 nitrogen and oxygen atoms in total. The Bertz CT molecular complexity index is 1660. The van der Waals surface area contributed by atoms with Gasteiger partial charge in [0.1, 0.15) is 17.1 Å². The number of aromatic nitrogens is 2. The molecular formula is C35H40N4O6. The van der Waals surface area contributed by atoms with Crippen molar-refractivity contribution < 1.29 is 29.0 Å². The minimum absolute atomic E-state index is 0.122. The van der Waals surface area contributed by atoms with E-state index in [1.165, 1.54) is 7.11 Å². The number of nitrogens with one attached hydrogen (secondary N) is 1. The van der Waals surface area contributed by atoms with Gasteiger partial charge in [-0.1, -0.05) is 36.4 Å². The molecular weight excluding hydrogens is 572 g/mol. The van der Waals surface area contributed by atoms with Crippen molar-refractivity contribution in [3.05, 3.63) is 106 Å². The quantitative estimate of drug-likeness (QED) is 0.175. The van der Waals surface area contributed by atoms with Crippen LogP contribution in [0.1, 0.15) is 75.6 Å². The number of benzene rings is 3. The highest BCUT2D eigenvalue weighted by Gasteiger charge is 2.30. The van der Waals surface area contributed by atoms with Gasteiger partial charge in [-0.25, -0.2) is 14.6 Å². The standard InChI is InChI=1S/C35H40N4O6/c1-20(2)45-35(43)28-16-24(12-13-31(28)44-6)19-39(23(5)32-37-18-30(38-32)25-10-8-7-9-11-25)33(40)29(36)17-27-21(3)14-26(34(41)42)15-22(27)4/h7-16,18,20,23,29H,17,19,36H2,1-6H3,(H,37,38)(H,41,42)/t23-,29-/m0/s1. The van der Waals surface area contributed by atoms with Gasteiger partial charge in [0.25, 0.3) is 0 Å². The number of carboxylic acids is 1. The molecule has 4 rings (SSSR count). The first-order valence-electron chi connectivity index (χ1n) is 14.8. The molecule has 0 saturated carbocycles. The van der Waals surface area contributed by atoms with Crippen molar-refractivity contribution in [2.45, 2.75) is 65.8 Å². The maximum atomic E-state index is 14.2. The van der Waals surface area contributed by atoms with E-state index in [-0.39, 0.29) is 36.1 Å². The average Bonchev–Trinajstić information content (AvgIpc) is 3.51. The number of hydrogen-bond donors (Lipinski definition) is 3. The number of carbonyl (C=O) groups excluding carboxylic acids is 2. The number of H-pyrrole nitrogens is 1. The monoisotopic (exact) mass is 612 g/mol. The van der Waals surface area contributed by atoms with E-state index in [4.69, 9.17) is 15.2 Å². The molecule has 0 saturated heterocycles. The van der Waals surface area contributed by atoms with Crippen molar-refractivity contribution in [3.63, 3.8) is 0 Å². The van der Waals surface area contributed by atoms with Crippen LogP contribution >= 0.6 is 0 Å². The highest BCUT2D eigenvalue weighted by atomic mass is 16.5. The molecule has 0 bridgehead atoms. The molecule has 236 valence electrons. The summed E-state index contributed by atoms with van der Waals surface area (Å²) in [7, 11) is 1.48. The topological polar surface area (TPSA) is 148 Å². The van der Waals surface area contributed by atoms with E-state index in [1.807, 2.05) is 51.1 Å². The summed E-state index contributed by atoms with van der Waals surface area (Å²) in [5.41, 5.74) is 11.8. The summed E-state index contributed by atoms with van der Waals surface area (Å²) in [5.74, 6) is -0.941. The van der Waals surface area contributed by atoms with Gasteiger partial charge < -0.3 is 30.2 Å². The molecule has 0 radical (unpaired) electrons. The number of aryl methyl sites for hydroxylation is 2. The number of carboxylic acid groups (broad SMARTS) is 1. The second-order valence-corrected chi connectivity index (χ2v) is 11.4. The van der Waals surface area contributed by atoms with Crippen LogP contribution in [0.4, 0.5) is 0 Å². The fraction of sp³-hybridized carbons (Fsp3) is 0.314. The van der Waals surface area contributed by atoms with E-state index in [0.29, 0.717) is 17.1 Å². The molecule has 3 aromatic carbocycles. The fourth-order valence-corrected chi connectivity index (χ4v) is 5.31. The second-order valence-electron chi connectivity index (χ2n) is 11.4. The maximum Gasteiger partial charge on any atom is 0.342 e. The molecule has 0 unspecified atom stereocenters. The Morgan fingerprint density at radius 2 is 1.67 bits per heavy atom. The van der Waals surface area contributed by atoms with Crippen LogP contribution in [0.25, 0.3) is 11.3 Å². The van der Waals surface area contributed by atoms with E-state index >= 15 is 0 Å². The van der Waals surface area contributed by atoms with Crippen LogP contribution in [0.15, 0.2) is 66.9 Å². The molecule has 1 heterocycles. The van der Waals surface area contributed by atoms with Crippen molar-refractivity contribution in [2.24, 2.45) is 5.73 Å². The first-order chi connectivity index (χ1) is 21.4. The van der Waals surface area contributed by atoms with Gasteiger partial charge in [0, 0.05) is 6.54 Å². The third-order valence-corrected chi connectivity index (χ3v) is 7.69. The van der Waals surface area contributed by atoms with Crippen molar-refractivity contribution in [1.82, 2.24) is 14.9 Å². The number of amides is 1. The largest absolute Gasteiger partial charge is 0.496 e. The Balaban J connectivity index is 1.69. The lowest BCUT2D eigenvalue weighted by molar-refractivity contribution is -0.135. The molecule has 1 amide bonds. The number of methoxy groups -OCH3 is 1. The Morgan fingerprint density at radius 1 is 1.00 bits per heavy atom. The third kappa shape index (κ3) is 7.77. The highest BCUT2D eigenvalue weighted by molar-refractivity contribution is 5.93. The van der Waals surface area contributed by atoms with Gasteiger partial charge in [0.05, 0.1) is 42.8 Å². The van der Waals surface area contributed by atoms with Gasteiger partial charge in [-0.15, -0.1) is 0 Å². The van der Waals surface area contributed by atoms with Crippen LogP contribution in [0, 0.1) is 13.8 Å². The van der Waals surface area contributed by atoms with Crippen molar-refractivity contribution in [1.29, 1.82) is 0 Å². The molecule has 0 aliphatic rings. The van der Waals surface area contributed by atoms with Gasteiger partial charge >= 0.3 is 11.9 Å². The molecule has 10 heteroatoms. The minimum atomic E-state index is -1.02. The zero-order chi connectivity index (χ0) is 32.8. The number of carbonyl (C=O) groups is 3. The number of nitrogens with two attached hydrogens (primary N) is 1. The zero-order valence-electron chi connectivity index (χ0n) is 26.5. The summed E-state index contributed by atoms with van der Waals surface area (Å²) < 4.78 is 10.8. The van der Waals surface area contributed by atoms with E-state index in [1.54, 1.807) is 55.3 Å². The van der Waals surface area contributed by atoms with Crippen molar-refractivity contribution in [3.8, 4) is 17.0 Å². The number of hydrogen-bond acceptors (Lipinski definition) is 7. The molecule has 4 aromatic rings. The lowest BCUT2D eigenvalue weighted by atomic mass is 9.93. The predicted molar refractivity (Wildman–Crippen MR) is 171 cm³/mol. The first-order valence-corrected chi connectivity index (χ1v) is 14.8. The number of aromatic amines is 1. The predicted octanol–water partition coefficient (Wildman–Crippen LogP) is 5.63. The Labute approximate surface area is 263 Å². The summed E-state index contributed by atoms with van der Waals surface area (Å²) in [6.45, 7) is 9.16. The summed E-state index contributed by atoms with van der Waals surface area (Å²) in [6.07, 6.45) is 1.62.